The predicted molar refractivity (Wildman–Crippen MR) is 75.8 cm³/mol. The highest BCUT2D eigenvalue weighted by Crippen LogP contribution is 2.16. The number of likely N-dealkylation sites (N-methyl/N-ethyl adjacent to an activating group) is 1. The van der Waals surface area contributed by atoms with E-state index in [9.17, 15) is 4.79 Å². The summed E-state index contributed by atoms with van der Waals surface area (Å²) < 4.78 is 5.68. The number of aliphatic carboxylic acids is 1. The molecule has 0 saturated heterocycles. The van der Waals surface area contributed by atoms with Crippen LogP contribution >= 0.6 is 0 Å². The molecule has 0 saturated carbocycles. The Bertz CT molecular complexity index is 411. The van der Waals surface area contributed by atoms with E-state index in [1.165, 1.54) is 11.1 Å². The van der Waals surface area contributed by atoms with Gasteiger partial charge in [-0.05, 0) is 57.5 Å². The molecule has 0 heterocycles. The number of hydrogen-bond donors (Lipinski definition) is 1. The van der Waals surface area contributed by atoms with E-state index in [-0.39, 0.29) is 0 Å². The van der Waals surface area contributed by atoms with Crippen molar-refractivity contribution in [1.29, 1.82) is 0 Å². The summed E-state index contributed by atoms with van der Waals surface area (Å²) in [5.74, 6) is 0.0872. The summed E-state index contributed by atoms with van der Waals surface area (Å²) in [7, 11) is 1.82. The van der Waals surface area contributed by atoms with Gasteiger partial charge in [-0.25, -0.2) is 0 Å². The summed E-state index contributed by atoms with van der Waals surface area (Å²) in [6, 6.07) is 5.67. The zero-order valence-corrected chi connectivity index (χ0v) is 12.1. The Balaban J connectivity index is 2.33. The second-order valence-electron chi connectivity index (χ2n) is 5.02. The van der Waals surface area contributed by atoms with Crippen molar-refractivity contribution in [1.82, 2.24) is 4.90 Å². The molecule has 1 N–H and O–H groups in total. The molecule has 1 rings (SSSR count). The van der Waals surface area contributed by atoms with Crippen molar-refractivity contribution in [2.45, 2.75) is 33.2 Å². The number of carboxylic acid groups (broad SMARTS) is 1. The average Bonchev–Trinajstić information content (AvgIpc) is 2.32. The summed E-state index contributed by atoms with van der Waals surface area (Å²) in [6.07, 6.45) is 0.807. The van der Waals surface area contributed by atoms with E-state index in [4.69, 9.17) is 9.84 Å². The Morgan fingerprint density at radius 2 is 1.89 bits per heavy atom. The van der Waals surface area contributed by atoms with Gasteiger partial charge in [-0.1, -0.05) is 6.07 Å². The molecule has 4 nitrogen and oxygen atoms in total. The van der Waals surface area contributed by atoms with Crippen LogP contribution in [0, 0.1) is 13.8 Å². The van der Waals surface area contributed by atoms with Crippen LogP contribution in [-0.2, 0) is 4.79 Å². The molecule has 4 heteroatoms. The fourth-order valence-electron chi connectivity index (χ4n) is 1.90. The minimum Gasteiger partial charge on any atom is -0.494 e. The minimum atomic E-state index is -0.794. The number of nitrogens with zero attached hydrogens (tertiary/aromatic N) is 1. The van der Waals surface area contributed by atoms with Gasteiger partial charge < -0.3 is 9.84 Å². The summed E-state index contributed by atoms with van der Waals surface area (Å²) in [4.78, 5) is 12.6. The topological polar surface area (TPSA) is 49.8 Å². The standard InChI is InChI=1S/C15H23NO3/c1-11-8-12(2)10-14(9-11)19-7-5-6-16(4)13(3)15(17)18/h8-10,13H,5-7H2,1-4H3,(H,17,18). The first-order chi connectivity index (χ1) is 8.90. The van der Waals surface area contributed by atoms with Crippen LogP contribution in [0.2, 0.25) is 0 Å². The van der Waals surface area contributed by atoms with Gasteiger partial charge in [-0.2, -0.15) is 0 Å². The molecule has 106 valence electrons. The van der Waals surface area contributed by atoms with Crippen LogP contribution in [-0.4, -0.2) is 42.2 Å². The zero-order valence-electron chi connectivity index (χ0n) is 12.1. The number of carboxylic acids is 1. The van der Waals surface area contributed by atoms with Gasteiger partial charge in [0.05, 0.1) is 6.61 Å². The van der Waals surface area contributed by atoms with Gasteiger partial charge in [0.1, 0.15) is 11.8 Å². The number of hydrogen-bond acceptors (Lipinski definition) is 3. The Morgan fingerprint density at radius 1 is 1.32 bits per heavy atom. The minimum absolute atomic E-state index is 0.457. The summed E-state index contributed by atoms with van der Waals surface area (Å²) >= 11 is 0. The van der Waals surface area contributed by atoms with Gasteiger partial charge in [0, 0.05) is 6.54 Å². The molecule has 1 aromatic rings. The zero-order chi connectivity index (χ0) is 14.4. The van der Waals surface area contributed by atoms with Gasteiger partial charge in [0.2, 0.25) is 0 Å². The molecular weight excluding hydrogens is 242 g/mol. The Hall–Kier alpha value is -1.55. The second kappa shape index (κ2) is 7.14. The smallest absolute Gasteiger partial charge is 0.320 e. The quantitative estimate of drug-likeness (QED) is 0.769. The Labute approximate surface area is 115 Å². The van der Waals surface area contributed by atoms with Crippen LogP contribution in [0.4, 0.5) is 0 Å². The molecule has 0 bridgehead atoms. The summed E-state index contributed by atoms with van der Waals surface area (Å²) in [6.45, 7) is 7.08. The first-order valence-corrected chi connectivity index (χ1v) is 6.54. The summed E-state index contributed by atoms with van der Waals surface area (Å²) in [5.41, 5.74) is 2.37. The van der Waals surface area contributed by atoms with Crippen LogP contribution in [0.25, 0.3) is 0 Å². The van der Waals surface area contributed by atoms with Gasteiger partial charge in [-0.3, -0.25) is 9.69 Å². The highest BCUT2D eigenvalue weighted by Gasteiger charge is 2.15. The monoisotopic (exact) mass is 265 g/mol. The largest absolute Gasteiger partial charge is 0.494 e. The van der Waals surface area contributed by atoms with Crippen LogP contribution in [0.15, 0.2) is 18.2 Å². The van der Waals surface area contributed by atoms with E-state index in [1.807, 2.05) is 37.9 Å². The number of carbonyl (C=O) groups is 1. The Kier molecular flexibility index (Phi) is 5.83. The SMILES string of the molecule is Cc1cc(C)cc(OCCCN(C)C(C)C(=O)O)c1. The van der Waals surface area contributed by atoms with Crippen molar-refractivity contribution in [2.24, 2.45) is 0 Å². The van der Waals surface area contributed by atoms with E-state index in [0.29, 0.717) is 13.2 Å². The van der Waals surface area contributed by atoms with E-state index in [2.05, 4.69) is 6.07 Å². The maximum Gasteiger partial charge on any atom is 0.320 e. The molecule has 1 atom stereocenters. The predicted octanol–water partition coefficient (Wildman–Crippen LogP) is 2.48. The number of ether oxygens (including phenoxy) is 1. The maximum atomic E-state index is 10.8. The molecule has 0 amide bonds. The van der Waals surface area contributed by atoms with Crippen LogP contribution < -0.4 is 4.74 Å². The van der Waals surface area contributed by atoms with E-state index < -0.39 is 12.0 Å². The molecule has 0 aliphatic carbocycles. The lowest BCUT2D eigenvalue weighted by Crippen LogP contribution is -2.36. The lowest BCUT2D eigenvalue weighted by molar-refractivity contribution is -0.142. The van der Waals surface area contributed by atoms with Crippen molar-refractivity contribution in [3.63, 3.8) is 0 Å². The van der Waals surface area contributed by atoms with Crippen LogP contribution in [0.5, 0.6) is 5.75 Å². The highest BCUT2D eigenvalue weighted by atomic mass is 16.5. The fraction of sp³-hybridized carbons (Fsp3) is 0.533. The number of benzene rings is 1. The van der Waals surface area contributed by atoms with Crippen molar-refractivity contribution >= 4 is 5.97 Å². The highest BCUT2D eigenvalue weighted by molar-refractivity contribution is 5.72. The molecule has 19 heavy (non-hydrogen) atoms. The third-order valence-electron chi connectivity index (χ3n) is 3.14. The molecule has 0 aromatic heterocycles. The van der Waals surface area contributed by atoms with Crippen LogP contribution in [0.1, 0.15) is 24.5 Å². The normalized spacial score (nSPS) is 12.5. The number of aryl methyl sites for hydroxylation is 2. The van der Waals surface area contributed by atoms with Crippen molar-refractivity contribution in [3.8, 4) is 5.75 Å². The molecule has 0 aliphatic rings. The fourth-order valence-corrected chi connectivity index (χ4v) is 1.90. The van der Waals surface area contributed by atoms with Gasteiger partial charge in [0.25, 0.3) is 0 Å². The molecule has 1 aromatic carbocycles. The lowest BCUT2D eigenvalue weighted by Gasteiger charge is -2.20. The van der Waals surface area contributed by atoms with Gasteiger partial charge in [0.15, 0.2) is 0 Å². The van der Waals surface area contributed by atoms with Crippen LogP contribution in [0.3, 0.4) is 0 Å². The van der Waals surface area contributed by atoms with Crippen molar-refractivity contribution < 1.29 is 14.6 Å². The van der Waals surface area contributed by atoms with E-state index >= 15 is 0 Å². The molecule has 1 unspecified atom stereocenters. The summed E-state index contributed by atoms with van der Waals surface area (Å²) in [5, 5.41) is 8.88. The molecular formula is C15H23NO3. The first kappa shape index (κ1) is 15.5. The first-order valence-electron chi connectivity index (χ1n) is 6.54. The second-order valence-corrected chi connectivity index (χ2v) is 5.02. The average molecular weight is 265 g/mol. The van der Waals surface area contributed by atoms with E-state index in [0.717, 1.165) is 12.2 Å². The van der Waals surface area contributed by atoms with Crippen molar-refractivity contribution in [3.05, 3.63) is 29.3 Å². The third-order valence-corrected chi connectivity index (χ3v) is 3.14. The molecule has 0 radical (unpaired) electrons. The third kappa shape index (κ3) is 5.30. The van der Waals surface area contributed by atoms with Gasteiger partial charge in [-0.15, -0.1) is 0 Å². The van der Waals surface area contributed by atoms with Gasteiger partial charge >= 0.3 is 5.97 Å². The van der Waals surface area contributed by atoms with Crippen molar-refractivity contribution in [2.75, 3.05) is 20.2 Å². The molecule has 0 fully saturated rings. The Morgan fingerprint density at radius 3 is 2.42 bits per heavy atom. The molecule has 0 spiro atoms. The molecule has 0 aliphatic heterocycles. The maximum absolute atomic E-state index is 10.8. The number of rotatable bonds is 7. The lowest BCUT2D eigenvalue weighted by atomic mass is 10.1. The van der Waals surface area contributed by atoms with E-state index in [1.54, 1.807) is 6.92 Å².